The molecule has 0 atom stereocenters. The molecule has 0 unspecified atom stereocenters. The third-order valence-electron chi connectivity index (χ3n) is 6.63. The Morgan fingerprint density at radius 3 is 2.00 bits per heavy atom. The van der Waals surface area contributed by atoms with Gasteiger partial charge in [0.1, 0.15) is 6.07 Å². The van der Waals surface area contributed by atoms with E-state index in [1.165, 1.54) is 89.2 Å². The molecule has 2 heteroatoms. The minimum Gasteiger partial charge on any atom is -0.195 e. The molecule has 27 heavy (non-hydrogen) atoms. The van der Waals surface area contributed by atoms with Gasteiger partial charge in [-0.3, -0.25) is 0 Å². The summed E-state index contributed by atoms with van der Waals surface area (Å²) in [6.07, 6.45) is 27.4. The lowest BCUT2D eigenvalue weighted by Gasteiger charge is -2.28. The molecule has 0 radical (unpaired) electrons. The van der Waals surface area contributed by atoms with Gasteiger partial charge in [0, 0.05) is 0 Å². The molecule has 0 amide bonds. The summed E-state index contributed by atoms with van der Waals surface area (Å²) >= 11 is 0. The summed E-state index contributed by atoms with van der Waals surface area (Å²) in [6, 6.07) is 1.49. The molecule has 0 aliphatic heterocycles. The fraction of sp³-hybridized carbons (Fsp3) is 0.720. The van der Waals surface area contributed by atoms with Gasteiger partial charge in [0.15, 0.2) is 5.83 Å². The van der Waals surface area contributed by atoms with Crippen LogP contribution in [0.3, 0.4) is 0 Å². The van der Waals surface area contributed by atoms with E-state index >= 15 is 0 Å². The minimum atomic E-state index is -0.715. The number of hydrogen-bond acceptors (Lipinski definition) is 1. The molecule has 2 rings (SSSR count). The summed E-state index contributed by atoms with van der Waals surface area (Å²) in [7, 11) is 0. The highest BCUT2D eigenvalue weighted by molar-refractivity contribution is 5.18. The maximum atomic E-state index is 12.7. The molecular weight excluding hydrogens is 333 g/mol. The molecule has 2 aliphatic rings. The van der Waals surface area contributed by atoms with Crippen LogP contribution in [-0.4, -0.2) is 0 Å². The van der Waals surface area contributed by atoms with Crippen LogP contribution in [0.4, 0.5) is 4.39 Å². The zero-order valence-corrected chi connectivity index (χ0v) is 17.2. The average Bonchev–Trinajstić information content (AvgIpc) is 2.72. The first-order valence-corrected chi connectivity index (χ1v) is 11.3. The van der Waals surface area contributed by atoms with Crippen molar-refractivity contribution in [3.8, 4) is 6.07 Å². The summed E-state index contributed by atoms with van der Waals surface area (Å²) in [5.41, 5.74) is 0. The number of rotatable bonds is 9. The fourth-order valence-electron chi connectivity index (χ4n) is 4.76. The Kier molecular flexibility index (Phi) is 10.5. The van der Waals surface area contributed by atoms with Crippen LogP contribution >= 0.6 is 0 Å². The van der Waals surface area contributed by atoms with Gasteiger partial charge in [0.05, 0.1) is 0 Å². The molecule has 0 aromatic rings. The number of allylic oxidation sites excluding steroid dienone is 6. The molecule has 150 valence electrons. The molecule has 0 N–H and O–H groups in total. The van der Waals surface area contributed by atoms with Crippen molar-refractivity contribution in [1.82, 2.24) is 0 Å². The van der Waals surface area contributed by atoms with E-state index in [0.717, 1.165) is 30.1 Å². The highest BCUT2D eigenvalue weighted by atomic mass is 19.1. The van der Waals surface area contributed by atoms with E-state index in [1.807, 2.05) is 6.08 Å². The van der Waals surface area contributed by atoms with Crippen molar-refractivity contribution in [1.29, 1.82) is 5.26 Å². The zero-order valence-electron chi connectivity index (χ0n) is 17.2. The molecule has 0 saturated heterocycles. The summed E-state index contributed by atoms with van der Waals surface area (Å²) in [6.45, 7) is 2.30. The van der Waals surface area contributed by atoms with E-state index in [2.05, 4.69) is 19.1 Å². The minimum absolute atomic E-state index is 0.715. The largest absolute Gasteiger partial charge is 0.199 e. The normalized spacial score (nSPS) is 30.0. The highest BCUT2D eigenvalue weighted by Crippen LogP contribution is 2.35. The van der Waals surface area contributed by atoms with Crippen LogP contribution in [-0.2, 0) is 0 Å². The molecule has 0 aromatic heterocycles. The fourth-order valence-corrected chi connectivity index (χ4v) is 4.76. The first kappa shape index (κ1) is 21.9. The third kappa shape index (κ3) is 8.91. The van der Waals surface area contributed by atoms with Crippen molar-refractivity contribution in [2.75, 3.05) is 0 Å². The molecule has 2 aliphatic carbocycles. The highest BCUT2D eigenvalue weighted by Gasteiger charge is 2.21. The Hall–Kier alpha value is -1.36. The van der Waals surface area contributed by atoms with Gasteiger partial charge in [-0.15, -0.1) is 0 Å². The van der Waals surface area contributed by atoms with Crippen LogP contribution in [0.1, 0.15) is 90.4 Å². The van der Waals surface area contributed by atoms with E-state index in [1.54, 1.807) is 6.08 Å². The van der Waals surface area contributed by atoms with E-state index in [4.69, 9.17) is 5.26 Å². The predicted molar refractivity (Wildman–Crippen MR) is 113 cm³/mol. The smallest absolute Gasteiger partial charge is 0.195 e. The number of hydrogen-bond donors (Lipinski definition) is 0. The van der Waals surface area contributed by atoms with Gasteiger partial charge in [-0.2, -0.15) is 9.65 Å². The topological polar surface area (TPSA) is 23.8 Å². The molecule has 0 spiro atoms. The lowest BCUT2D eigenvalue weighted by molar-refractivity contribution is 0.283. The van der Waals surface area contributed by atoms with Gasteiger partial charge < -0.3 is 0 Å². The van der Waals surface area contributed by atoms with Gasteiger partial charge in [0.25, 0.3) is 0 Å². The summed E-state index contributed by atoms with van der Waals surface area (Å²) in [5.74, 6) is 2.74. The van der Waals surface area contributed by atoms with Crippen LogP contribution in [0.2, 0.25) is 0 Å². The van der Waals surface area contributed by atoms with Gasteiger partial charge in [-0.1, -0.05) is 50.5 Å². The van der Waals surface area contributed by atoms with Crippen molar-refractivity contribution in [2.24, 2.45) is 23.7 Å². The second-order valence-corrected chi connectivity index (χ2v) is 8.72. The second kappa shape index (κ2) is 12.9. The molecule has 2 fully saturated rings. The zero-order chi connectivity index (χ0) is 19.3. The van der Waals surface area contributed by atoms with Crippen LogP contribution in [0.15, 0.2) is 36.2 Å². The molecule has 2 saturated carbocycles. The van der Waals surface area contributed by atoms with Gasteiger partial charge in [-0.05, 0) is 94.0 Å². The first-order valence-electron chi connectivity index (χ1n) is 11.3. The monoisotopic (exact) mass is 371 g/mol. The predicted octanol–water partition coefficient (Wildman–Crippen LogP) is 8.06. The Balaban J connectivity index is 1.58. The molecular formula is C25H38FN. The standard InChI is InChI=1S/C25H38FN/c1-2-3-7-21-10-14-23(15-11-21)18-19-24-16-12-22(13-17-24)8-5-4-6-9-25(26)20-27/h4,6,9,18-19,21-24H,2-3,5,7-8,10-17H2,1H3/t21-,22-,23-,24-. The Bertz CT molecular complexity index is 523. The molecule has 1 nitrogen and oxygen atoms in total. The van der Waals surface area contributed by atoms with Crippen LogP contribution in [0, 0.1) is 35.0 Å². The van der Waals surface area contributed by atoms with Gasteiger partial charge in [-0.25, -0.2) is 0 Å². The van der Waals surface area contributed by atoms with E-state index in [9.17, 15) is 4.39 Å². The van der Waals surface area contributed by atoms with Crippen molar-refractivity contribution in [2.45, 2.75) is 90.4 Å². The summed E-state index contributed by atoms with van der Waals surface area (Å²) in [4.78, 5) is 0. The maximum absolute atomic E-state index is 12.7. The SMILES string of the molecule is CCCC[C@H]1CC[C@H](C=C[C@H]2CC[C@H](CCC=CC=C(F)C#N)CC2)CC1. The summed E-state index contributed by atoms with van der Waals surface area (Å²) < 4.78 is 12.7. The lowest BCUT2D eigenvalue weighted by atomic mass is 9.77. The third-order valence-corrected chi connectivity index (χ3v) is 6.63. The Morgan fingerprint density at radius 1 is 0.926 bits per heavy atom. The van der Waals surface area contributed by atoms with Gasteiger partial charge >= 0.3 is 0 Å². The maximum Gasteiger partial charge on any atom is 0.199 e. The number of halogens is 1. The molecule has 0 aromatic carbocycles. The van der Waals surface area contributed by atoms with Crippen LogP contribution < -0.4 is 0 Å². The van der Waals surface area contributed by atoms with E-state index < -0.39 is 5.83 Å². The quantitative estimate of drug-likeness (QED) is 0.228. The van der Waals surface area contributed by atoms with E-state index in [-0.39, 0.29) is 0 Å². The number of unbranched alkanes of at least 4 members (excludes halogenated alkanes) is 1. The van der Waals surface area contributed by atoms with E-state index in [0.29, 0.717) is 0 Å². The number of nitriles is 1. The first-order chi connectivity index (χ1) is 13.2. The van der Waals surface area contributed by atoms with Crippen molar-refractivity contribution in [3.05, 3.63) is 36.2 Å². The molecule has 0 heterocycles. The second-order valence-electron chi connectivity index (χ2n) is 8.72. The summed E-state index contributed by atoms with van der Waals surface area (Å²) in [5, 5.41) is 8.36. The van der Waals surface area contributed by atoms with Crippen molar-refractivity contribution < 1.29 is 4.39 Å². The van der Waals surface area contributed by atoms with Crippen molar-refractivity contribution in [3.63, 3.8) is 0 Å². The molecule has 0 bridgehead atoms. The average molecular weight is 372 g/mol. The van der Waals surface area contributed by atoms with Crippen molar-refractivity contribution >= 4 is 0 Å². The lowest BCUT2D eigenvalue weighted by Crippen LogP contribution is -2.15. The Labute approximate surface area is 166 Å². The number of nitrogens with zero attached hydrogens (tertiary/aromatic N) is 1. The van der Waals surface area contributed by atoms with Crippen LogP contribution in [0.25, 0.3) is 0 Å². The van der Waals surface area contributed by atoms with Gasteiger partial charge in [0.2, 0.25) is 0 Å². The Morgan fingerprint density at radius 2 is 1.48 bits per heavy atom. The van der Waals surface area contributed by atoms with Crippen LogP contribution in [0.5, 0.6) is 0 Å².